The molecule has 0 spiro atoms. The Morgan fingerprint density at radius 3 is 2.58 bits per heavy atom. The number of nitrogens with zero attached hydrogens (tertiary/aromatic N) is 3. The number of sulfonamides is 1. The van der Waals surface area contributed by atoms with Gasteiger partial charge in [-0.05, 0) is 19.2 Å². The van der Waals surface area contributed by atoms with Gasteiger partial charge in [0.15, 0.2) is 0 Å². The molecule has 0 saturated carbocycles. The van der Waals surface area contributed by atoms with Crippen LogP contribution in [-0.4, -0.2) is 63.2 Å². The van der Waals surface area contributed by atoms with Gasteiger partial charge in [-0.1, -0.05) is 6.07 Å². The molecule has 1 saturated heterocycles. The Bertz CT molecular complexity index is 484. The highest BCUT2D eigenvalue weighted by Crippen LogP contribution is 2.14. The van der Waals surface area contributed by atoms with Crippen LogP contribution in [0.25, 0.3) is 0 Å². The van der Waals surface area contributed by atoms with E-state index in [1.165, 1.54) is 0 Å². The predicted octanol–water partition coefficient (Wildman–Crippen LogP) is -0.247. The molecule has 0 aliphatic carbocycles. The monoisotopic (exact) mass is 284 g/mol. The van der Waals surface area contributed by atoms with Crippen LogP contribution in [0.15, 0.2) is 24.4 Å². The number of piperazine rings is 1. The molecule has 2 heterocycles. The maximum Gasteiger partial charge on any atom is 0.215 e. The van der Waals surface area contributed by atoms with Gasteiger partial charge in [0.25, 0.3) is 0 Å². The second-order valence-electron chi connectivity index (χ2n) is 4.49. The van der Waals surface area contributed by atoms with E-state index in [1.54, 1.807) is 17.5 Å². The first-order valence-corrected chi connectivity index (χ1v) is 8.03. The van der Waals surface area contributed by atoms with Crippen molar-refractivity contribution >= 4 is 15.8 Å². The lowest BCUT2D eigenvalue weighted by Crippen LogP contribution is -2.50. The number of hydrogen-bond acceptors (Lipinski definition) is 5. The first-order valence-electron chi connectivity index (χ1n) is 6.42. The summed E-state index contributed by atoms with van der Waals surface area (Å²) in [5.41, 5.74) is 0. The second-order valence-corrected chi connectivity index (χ2v) is 6.58. The van der Waals surface area contributed by atoms with Crippen molar-refractivity contribution in [3.8, 4) is 0 Å². The molecule has 0 unspecified atom stereocenters. The van der Waals surface area contributed by atoms with E-state index in [1.807, 2.05) is 18.2 Å². The maximum absolute atomic E-state index is 12.0. The number of pyridine rings is 1. The molecular formula is C12H20N4O2S. The Hall–Kier alpha value is -1.18. The van der Waals surface area contributed by atoms with Gasteiger partial charge in [0.1, 0.15) is 5.82 Å². The molecule has 1 aliphatic heterocycles. The van der Waals surface area contributed by atoms with Crippen molar-refractivity contribution in [2.24, 2.45) is 0 Å². The van der Waals surface area contributed by atoms with Crippen LogP contribution in [-0.2, 0) is 10.0 Å². The van der Waals surface area contributed by atoms with Crippen molar-refractivity contribution in [2.45, 2.75) is 0 Å². The van der Waals surface area contributed by atoms with Crippen LogP contribution in [0.3, 0.4) is 0 Å². The van der Waals surface area contributed by atoms with Gasteiger partial charge < -0.3 is 10.2 Å². The van der Waals surface area contributed by atoms with Gasteiger partial charge in [0, 0.05) is 38.9 Å². The zero-order chi connectivity index (χ0) is 13.7. The van der Waals surface area contributed by atoms with Crippen molar-refractivity contribution < 1.29 is 8.42 Å². The topological polar surface area (TPSA) is 65.5 Å². The fourth-order valence-corrected chi connectivity index (χ4v) is 3.54. The number of rotatable bonds is 5. The summed E-state index contributed by atoms with van der Waals surface area (Å²) in [5.74, 6) is 1.07. The summed E-state index contributed by atoms with van der Waals surface area (Å²) in [5, 5.41) is 2.87. The molecule has 19 heavy (non-hydrogen) atoms. The van der Waals surface area contributed by atoms with Gasteiger partial charge >= 0.3 is 0 Å². The molecule has 106 valence electrons. The van der Waals surface area contributed by atoms with Gasteiger partial charge in [-0.15, -0.1) is 0 Å². The van der Waals surface area contributed by atoms with Gasteiger partial charge in [0.05, 0.1) is 5.75 Å². The van der Waals surface area contributed by atoms with E-state index in [2.05, 4.69) is 15.2 Å². The van der Waals surface area contributed by atoms with Crippen LogP contribution in [0, 0.1) is 0 Å². The van der Waals surface area contributed by atoms with E-state index in [9.17, 15) is 8.42 Å². The molecule has 2 rings (SSSR count). The SMILES string of the molecule is CNCCS(=O)(=O)N1CCN(c2ccccn2)CC1. The molecule has 0 amide bonds. The van der Waals surface area contributed by atoms with Gasteiger partial charge in [-0.2, -0.15) is 4.31 Å². The van der Waals surface area contributed by atoms with Gasteiger partial charge in [-0.3, -0.25) is 0 Å². The molecule has 6 nitrogen and oxygen atoms in total. The van der Waals surface area contributed by atoms with Crippen molar-refractivity contribution in [2.75, 3.05) is 50.4 Å². The third kappa shape index (κ3) is 3.65. The molecular weight excluding hydrogens is 264 g/mol. The molecule has 0 aromatic carbocycles. The molecule has 1 fully saturated rings. The molecule has 7 heteroatoms. The van der Waals surface area contributed by atoms with Crippen molar-refractivity contribution in [3.05, 3.63) is 24.4 Å². The van der Waals surface area contributed by atoms with E-state index in [4.69, 9.17) is 0 Å². The lowest BCUT2D eigenvalue weighted by atomic mass is 10.3. The van der Waals surface area contributed by atoms with E-state index in [-0.39, 0.29) is 5.75 Å². The summed E-state index contributed by atoms with van der Waals surface area (Å²) >= 11 is 0. The predicted molar refractivity (Wildman–Crippen MR) is 75.7 cm³/mol. The third-order valence-electron chi connectivity index (χ3n) is 3.22. The smallest absolute Gasteiger partial charge is 0.215 e. The lowest BCUT2D eigenvalue weighted by molar-refractivity contribution is 0.383. The quantitative estimate of drug-likeness (QED) is 0.808. The Morgan fingerprint density at radius 2 is 2.00 bits per heavy atom. The number of hydrogen-bond donors (Lipinski definition) is 1. The first-order chi connectivity index (χ1) is 9.13. The summed E-state index contributed by atoms with van der Waals surface area (Å²) in [7, 11) is -1.37. The third-order valence-corrected chi connectivity index (χ3v) is 5.09. The zero-order valence-electron chi connectivity index (χ0n) is 11.1. The standard InChI is InChI=1S/C12H20N4O2S/c1-13-6-11-19(17,18)16-9-7-15(8-10-16)12-4-2-3-5-14-12/h2-5,13H,6-11H2,1H3. The van der Waals surface area contributed by atoms with Crippen molar-refractivity contribution in [3.63, 3.8) is 0 Å². The van der Waals surface area contributed by atoms with Crippen LogP contribution in [0.4, 0.5) is 5.82 Å². The molecule has 1 N–H and O–H groups in total. The largest absolute Gasteiger partial charge is 0.354 e. The van der Waals surface area contributed by atoms with Crippen LogP contribution in [0.2, 0.25) is 0 Å². The number of nitrogens with one attached hydrogen (secondary N) is 1. The zero-order valence-corrected chi connectivity index (χ0v) is 11.9. The molecule has 1 aromatic heterocycles. The highest BCUT2D eigenvalue weighted by Gasteiger charge is 2.26. The van der Waals surface area contributed by atoms with E-state index in [0.717, 1.165) is 5.82 Å². The van der Waals surface area contributed by atoms with Gasteiger partial charge in [-0.25, -0.2) is 13.4 Å². The Morgan fingerprint density at radius 1 is 1.26 bits per heavy atom. The minimum atomic E-state index is -3.13. The second kappa shape index (κ2) is 6.31. The molecule has 1 aliphatic rings. The van der Waals surface area contributed by atoms with Crippen LogP contribution >= 0.6 is 0 Å². The minimum Gasteiger partial charge on any atom is -0.354 e. The maximum atomic E-state index is 12.0. The summed E-state index contributed by atoms with van der Waals surface area (Å²) in [6.45, 7) is 2.93. The normalized spacial score (nSPS) is 17.6. The van der Waals surface area contributed by atoms with Crippen LogP contribution < -0.4 is 10.2 Å². The average molecular weight is 284 g/mol. The van der Waals surface area contributed by atoms with Crippen molar-refractivity contribution in [1.29, 1.82) is 0 Å². The molecule has 1 aromatic rings. The number of aromatic nitrogens is 1. The molecule has 0 radical (unpaired) electrons. The fourth-order valence-electron chi connectivity index (χ4n) is 2.10. The number of anilines is 1. The summed E-state index contributed by atoms with van der Waals surface area (Å²) < 4.78 is 25.7. The summed E-state index contributed by atoms with van der Waals surface area (Å²) in [6, 6.07) is 5.77. The van der Waals surface area contributed by atoms with Crippen LogP contribution in [0.5, 0.6) is 0 Å². The highest BCUT2D eigenvalue weighted by atomic mass is 32.2. The Kier molecular flexibility index (Phi) is 4.73. The van der Waals surface area contributed by atoms with E-state index >= 15 is 0 Å². The lowest BCUT2D eigenvalue weighted by Gasteiger charge is -2.34. The average Bonchev–Trinajstić information content (AvgIpc) is 2.46. The van der Waals surface area contributed by atoms with E-state index in [0.29, 0.717) is 32.7 Å². The Labute approximate surface area is 114 Å². The molecule has 0 bridgehead atoms. The Balaban J connectivity index is 1.92. The molecule has 0 atom stereocenters. The fraction of sp³-hybridized carbons (Fsp3) is 0.583. The summed E-state index contributed by atoms with van der Waals surface area (Å²) in [4.78, 5) is 6.40. The summed E-state index contributed by atoms with van der Waals surface area (Å²) in [6.07, 6.45) is 1.76. The van der Waals surface area contributed by atoms with Crippen LogP contribution in [0.1, 0.15) is 0 Å². The van der Waals surface area contributed by atoms with Gasteiger partial charge in [0.2, 0.25) is 10.0 Å². The van der Waals surface area contributed by atoms with Crippen molar-refractivity contribution in [1.82, 2.24) is 14.6 Å². The van der Waals surface area contributed by atoms with E-state index < -0.39 is 10.0 Å². The first kappa shape index (κ1) is 14.2. The minimum absolute atomic E-state index is 0.160. The highest BCUT2D eigenvalue weighted by molar-refractivity contribution is 7.89.